The summed E-state index contributed by atoms with van der Waals surface area (Å²) in [5.41, 5.74) is 0.282. The molecule has 32 heavy (non-hydrogen) atoms. The monoisotopic (exact) mass is 449 g/mol. The van der Waals surface area contributed by atoms with Gasteiger partial charge in [-0.2, -0.15) is 0 Å². The number of halogens is 3. The summed E-state index contributed by atoms with van der Waals surface area (Å²) in [6, 6.07) is 12.3. The zero-order valence-corrected chi connectivity index (χ0v) is 16.3. The number of nitrogens with one attached hydrogen (secondary N) is 2. The number of amides is 2. The Balaban J connectivity index is 1.47. The van der Waals surface area contributed by atoms with Gasteiger partial charge in [-0.05, 0) is 34.2 Å². The first-order valence-electron chi connectivity index (χ1n) is 9.37. The number of ether oxygens (including phenoxy) is 1. The van der Waals surface area contributed by atoms with Gasteiger partial charge in [-0.1, -0.05) is 18.2 Å². The Morgan fingerprint density at radius 1 is 1.09 bits per heavy atom. The van der Waals surface area contributed by atoms with E-state index in [9.17, 15) is 27.6 Å². The Morgan fingerprint density at radius 2 is 1.78 bits per heavy atom. The summed E-state index contributed by atoms with van der Waals surface area (Å²) < 4.78 is 46.9. The lowest BCUT2D eigenvalue weighted by atomic mass is 10.2. The van der Waals surface area contributed by atoms with Crippen molar-refractivity contribution >= 4 is 17.5 Å². The van der Waals surface area contributed by atoms with E-state index in [0.717, 1.165) is 17.0 Å². The summed E-state index contributed by atoms with van der Waals surface area (Å²) in [5.74, 6) is -1.60. The Kier molecular flexibility index (Phi) is 5.53. The van der Waals surface area contributed by atoms with Crippen molar-refractivity contribution in [3.8, 4) is 11.4 Å². The van der Waals surface area contributed by atoms with Crippen molar-refractivity contribution < 1.29 is 36.7 Å². The number of aromatic nitrogens is 2. The molecular weight excluding hydrogens is 433 g/mol. The molecule has 166 valence electrons. The zero-order chi connectivity index (χ0) is 22.9. The summed E-state index contributed by atoms with van der Waals surface area (Å²) in [6.07, 6.45) is -5.03. The van der Waals surface area contributed by atoms with E-state index in [1.54, 1.807) is 30.3 Å². The predicted octanol–water partition coefficient (Wildman–Crippen LogP) is 1.56. The van der Waals surface area contributed by atoms with Gasteiger partial charge in [0.05, 0.1) is 24.7 Å². The number of hydrogen-bond donors (Lipinski definition) is 2. The molecule has 3 aromatic rings. The van der Waals surface area contributed by atoms with Crippen LogP contribution >= 0.6 is 0 Å². The van der Waals surface area contributed by atoms with E-state index in [-0.39, 0.29) is 24.3 Å². The van der Waals surface area contributed by atoms with Gasteiger partial charge in [-0.15, -0.1) is 13.2 Å². The van der Waals surface area contributed by atoms with Gasteiger partial charge in [0.25, 0.3) is 5.91 Å². The lowest BCUT2D eigenvalue weighted by Gasteiger charge is -2.16. The Morgan fingerprint density at radius 3 is 2.44 bits per heavy atom. The van der Waals surface area contributed by atoms with Crippen molar-refractivity contribution in [3.63, 3.8) is 0 Å². The van der Waals surface area contributed by atoms with Gasteiger partial charge in [-0.25, -0.2) is 9.69 Å². The number of carbonyl (C=O) groups is 2. The highest BCUT2D eigenvalue weighted by Crippen LogP contribution is 2.28. The molecule has 0 radical (unpaired) electrons. The highest BCUT2D eigenvalue weighted by Gasteiger charge is 2.40. The topological polar surface area (TPSA) is 109 Å². The number of rotatable bonds is 6. The number of imide groups is 1. The van der Waals surface area contributed by atoms with Gasteiger partial charge in [-0.3, -0.25) is 19.4 Å². The Hall–Kier alpha value is -3.93. The molecule has 0 spiro atoms. The third kappa shape index (κ3) is 4.39. The predicted molar refractivity (Wildman–Crippen MR) is 102 cm³/mol. The van der Waals surface area contributed by atoms with Crippen molar-refractivity contribution in [1.29, 1.82) is 0 Å². The Bertz CT molecular complexity index is 1190. The van der Waals surface area contributed by atoms with Crippen molar-refractivity contribution in [2.45, 2.75) is 25.4 Å². The fourth-order valence-corrected chi connectivity index (χ4v) is 3.31. The maximum absolute atomic E-state index is 12.7. The zero-order valence-electron chi connectivity index (χ0n) is 16.3. The minimum absolute atomic E-state index is 0.0728. The molecule has 2 amide bonds. The van der Waals surface area contributed by atoms with E-state index in [0.29, 0.717) is 5.69 Å². The second kappa shape index (κ2) is 8.30. The second-order valence-corrected chi connectivity index (χ2v) is 6.85. The molecule has 1 saturated heterocycles. The van der Waals surface area contributed by atoms with E-state index in [4.69, 9.17) is 4.52 Å². The van der Waals surface area contributed by atoms with Crippen LogP contribution in [0.4, 0.5) is 18.9 Å². The molecule has 0 bridgehead atoms. The van der Waals surface area contributed by atoms with Crippen LogP contribution in [0.15, 0.2) is 63.9 Å². The van der Waals surface area contributed by atoms with Crippen LogP contribution in [-0.4, -0.2) is 29.5 Å². The van der Waals surface area contributed by atoms with Crippen molar-refractivity contribution in [2.24, 2.45) is 0 Å². The first kappa shape index (κ1) is 21.3. The minimum atomic E-state index is -4.85. The van der Waals surface area contributed by atoms with E-state index < -0.39 is 35.6 Å². The van der Waals surface area contributed by atoms with Crippen LogP contribution in [0.1, 0.15) is 12.1 Å². The van der Waals surface area contributed by atoms with Gasteiger partial charge in [0, 0.05) is 12.1 Å². The molecule has 1 aliphatic heterocycles. The SMILES string of the molecule is O=C1CC(NCc2c(=O)o[nH][n+]2-c2ccccc2)C(=O)N1c1ccc(OC(F)(F)F)cc1. The smallest absolute Gasteiger partial charge is 0.406 e. The number of nitrogens with zero attached hydrogens (tertiary/aromatic N) is 2. The lowest BCUT2D eigenvalue weighted by molar-refractivity contribution is -0.677. The van der Waals surface area contributed by atoms with Gasteiger partial charge in [0.15, 0.2) is 0 Å². The molecule has 2 aromatic carbocycles. The van der Waals surface area contributed by atoms with Crippen molar-refractivity contribution in [3.05, 3.63) is 70.7 Å². The average Bonchev–Trinajstić information content (AvgIpc) is 3.25. The van der Waals surface area contributed by atoms with Gasteiger partial charge in [0.1, 0.15) is 5.75 Å². The molecule has 1 fully saturated rings. The van der Waals surface area contributed by atoms with Crippen LogP contribution in [0.25, 0.3) is 5.69 Å². The summed E-state index contributed by atoms with van der Waals surface area (Å²) in [6.45, 7) is -0.0728. The third-order valence-corrected chi connectivity index (χ3v) is 4.74. The number of aromatic amines is 1. The largest absolute Gasteiger partial charge is 0.573 e. The van der Waals surface area contributed by atoms with Crippen LogP contribution in [0.3, 0.4) is 0 Å². The molecular formula is C20H16F3N4O5+. The molecule has 2 N–H and O–H groups in total. The molecule has 2 heterocycles. The number of hydrogen-bond acceptors (Lipinski definition) is 6. The highest BCUT2D eigenvalue weighted by atomic mass is 19.4. The van der Waals surface area contributed by atoms with E-state index in [2.05, 4.69) is 15.3 Å². The summed E-state index contributed by atoms with van der Waals surface area (Å²) in [4.78, 5) is 38.1. The molecule has 0 saturated carbocycles. The first-order valence-corrected chi connectivity index (χ1v) is 9.37. The third-order valence-electron chi connectivity index (χ3n) is 4.74. The maximum atomic E-state index is 12.7. The van der Waals surface area contributed by atoms with Crippen molar-refractivity contribution in [2.75, 3.05) is 4.90 Å². The highest BCUT2D eigenvalue weighted by molar-refractivity contribution is 6.22. The van der Waals surface area contributed by atoms with Crippen LogP contribution < -0.4 is 25.3 Å². The van der Waals surface area contributed by atoms with Crippen LogP contribution in [0.2, 0.25) is 0 Å². The molecule has 9 nitrogen and oxygen atoms in total. The van der Waals surface area contributed by atoms with Gasteiger partial charge >= 0.3 is 17.7 Å². The number of benzene rings is 2. The molecule has 4 rings (SSSR count). The fraction of sp³-hybridized carbons (Fsp3) is 0.200. The lowest BCUT2D eigenvalue weighted by Crippen LogP contribution is -2.44. The molecule has 0 aliphatic carbocycles. The first-order chi connectivity index (χ1) is 15.2. The summed E-state index contributed by atoms with van der Waals surface area (Å²) in [5, 5.41) is 5.35. The molecule has 1 aliphatic rings. The summed E-state index contributed by atoms with van der Waals surface area (Å²) >= 11 is 0. The standard InChI is InChI=1S/C20H15F3N4O5/c21-20(22,23)31-14-8-6-12(7-9-14)26-17(28)10-15(18(26)29)24-11-16-19(30)32-25-27(16)13-4-2-1-3-5-13/h1-9,15,24H,10-11H2/p+1. The van der Waals surface area contributed by atoms with E-state index in [1.165, 1.54) is 16.8 Å². The fourth-order valence-electron chi connectivity index (χ4n) is 3.31. The van der Waals surface area contributed by atoms with Gasteiger partial charge in [0.2, 0.25) is 11.6 Å². The van der Waals surface area contributed by atoms with Crippen LogP contribution in [0, 0.1) is 0 Å². The number of carbonyl (C=O) groups excluding carboxylic acids is 2. The van der Waals surface area contributed by atoms with Gasteiger partial charge < -0.3 is 4.74 Å². The Labute approximate surface area is 177 Å². The normalized spacial score (nSPS) is 16.6. The number of alkyl halides is 3. The molecule has 1 atom stereocenters. The second-order valence-electron chi connectivity index (χ2n) is 6.85. The van der Waals surface area contributed by atoms with E-state index >= 15 is 0 Å². The average molecular weight is 449 g/mol. The molecule has 1 unspecified atom stereocenters. The minimum Gasteiger partial charge on any atom is -0.406 e. The molecule has 12 heteroatoms. The number of H-pyrrole nitrogens is 1. The summed E-state index contributed by atoms with van der Waals surface area (Å²) in [7, 11) is 0. The number of anilines is 1. The van der Waals surface area contributed by atoms with Crippen LogP contribution in [-0.2, 0) is 16.1 Å². The maximum Gasteiger partial charge on any atom is 0.573 e. The quantitative estimate of drug-likeness (QED) is 0.437. The number of para-hydroxylation sites is 1. The van der Waals surface area contributed by atoms with E-state index in [1.807, 2.05) is 0 Å². The van der Waals surface area contributed by atoms with Crippen molar-refractivity contribution in [1.82, 2.24) is 10.6 Å². The molecule has 1 aromatic heterocycles. The van der Waals surface area contributed by atoms with Crippen LogP contribution in [0.5, 0.6) is 5.75 Å².